The third-order valence-electron chi connectivity index (χ3n) is 4.68. The number of unbranched alkanes of at least 4 members (excludes halogenated alkanes) is 1. The van der Waals surface area contributed by atoms with E-state index in [0.717, 1.165) is 19.4 Å². The fourth-order valence-corrected chi connectivity index (χ4v) is 3.34. The van der Waals surface area contributed by atoms with Gasteiger partial charge in [-0.2, -0.15) is 5.26 Å². The van der Waals surface area contributed by atoms with Crippen LogP contribution in [0.15, 0.2) is 0 Å². The largest absolute Gasteiger partial charge is 0.305 e. The standard InChI is InChI=1S/C17H34N4/c1-5-16-14-20(4)11-9-13-21(16)12-8-7-10-17(3,15-18)19-6-2/h16,19H,5-14H2,1-4H3. The smallest absolute Gasteiger partial charge is 0.103 e. The molecule has 0 aromatic carbocycles. The maximum Gasteiger partial charge on any atom is 0.103 e. The summed E-state index contributed by atoms with van der Waals surface area (Å²) in [5.74, 6) is 0. The van der Waals surface area contributed by atoms with Crippen molar-refractivity contribution < 1.29 is 0 Å². The molecule has 0 amide bonds. The second-order valence-electron chi connectivity index (χ2n) is 6.65. The van der Waals surface area contributed by atoms with Crippen LogP contribution >= 0.6 is 0 Å². The summed E-state index contributed by atoms with van der Waals surface area (Å²) < 4.78 is 0. The fraction of sp³-hybridized carbons (Fsp3) is 0.941. The van der Waals surface area contributed by atoms with E-state index in [2.05, 4.69) is 42.1 Å². The highest BCUT2D eigenvalue weighted by atomic mass is 15.2. The average molecular weight is 294 g/mol. The van der Waals surface area contributed by atoms with Crippen LogP contribution < -0.4 is 5.32 Å². The number of nitriles is 1. The van der Waals surface area contributed by atoms with E-state index in [-0.39, 0.29) is 5.54 Å². The van der Waals surface area contributed by atoms with Crippen LogP contribution in [0.3, 0.4) is 0 Å². The molecule has 0 bridgehead atoms. The molecular weight excluding hydrogens is 260 g/mol. The number of rotatable bonds is 8. The topological polar surface area (TPSA) is 42.3 Å². The Labute approximate surface area is 131 Å². The molecule has 4 heteroatoms. The first-order valence-corrected chi connectivity index (χ1v) is 8.63. The predicted octanol–water partition coefficient (Wildman–Crippen LogP) is 2.46. The molecule has 122 valence electrons. The number of nitrogens with one attached hydrogen (secondary N) is 1. The van der Waals surface area contributed by atoms with Gasteiger partial charge in [0.05, 0.1) is 6.07 Å². The van der Waals surface area contributed by atoms with Crippen molar-refractivity contribution in [1.29, 1.82) is 5.26 Å². The van der Waals surface area contributed by atoms with Gasteiger partial charge in [0, 0.05) is 12.6 Å². The Kier molecular flexibility index (Phi) is 8.24. The predicted molar refractivity (Wildman–Crippen MR) is 89.3 cm³/mol. The highest BCUT2D eigenvalue weighted by molar-refractivity contribution is 5.03. The van der Waals surface area contributed by atoms with Gasteiger partial charge in [0.25, 0.3) is 0 Å². The van der Waals surface area contributed by atoms with Gasteiger partial charge in [-0.3, -0.25) is 10.2 Å². The summed E-state index contributed by atoms with van der Waals surface area (Å²) in [6.45, 7) is 12.1. The van der Waals surface area contributed by atoms with Gasteiger partial charge in [0.2, 0.25) is 0 Å². The van der Waals surface area contributed by atoms with E-state index >= 15 is 0 Å². The van der Waals surface area contributed by atoms with Gasteiger partial charge in [-0.1, -0.05) is 13.8 Å². The summed E-state index contributed by atoms with van der Waals surface area (Å²) in [5, 5.41) is 12.6. The molecule has 2 atom stereocenters. The zero-order chi connectivity index (χ0) is 15.7. The highest BCUT2D eigenvalue weighted by Gasteiger charge is 2.23. The Morgan fingerprint density at radius 3 is 2.67 bits per heavy atom. The van der Waals surface area contributed by atoms with E-state index in [1.54, 1.807) is 0 Å². The van der Waals surface area contributed by atoms with Crippen molar-refractivity contribution in [2.45, 2.75) is 64.5 Å². The first-order valence-electron chi connectivity index (χ1n) is 8.63. The van der Waals surface area contributed by atoms with E-state index in [9.17, 15) is 5.26 Å². The summed E-state index contributed by atoms with van der Waals surface area (Å²) >= 11 is 0. The van der Waals surface area contributed by atoms with Crippen molar-refractivity contribution in [2.24, 2.45) is 0 Å². The SMILES string of the molecule is CCNC(C)(C#N)CCCCN1CCCN(C)CC1CC. The van der Waals surface area contributed by atoms with Crippen molar-refractivity contribution in [3.05, 3.63) is 0 Å². The molecule has 1 N–H and O–H groups in total. The maximum absolute atomic E-state index is 9.28. The molecule has 1 saturated heterocycles. The van der Waals surface area contributed by atoms with E-state index in [4.69, 9.17) is 0 Å². The molecule has 0 aromatic rings. The lowest BCUT2D eigenvalue weighted by Gasteiger charge is -2.30. The second kappa shape index (κ2) is 9.40. The van der Waals surface area contributed by atoms with Crippen molar-refractivity contribution in [3.63, 3.8) is 0 Å². The van der Waals surface area contributed by atoms with E-state index < -0.39 is 0 Å². The van der Waals surface area contributed by atoms with Crippen LogP contribution in [0.25, 0.3) is 0 Å². The number of nitrogens with zero attached hydrogens (tertiary/aromatic N) is 3. The minimum absolute atomic E-state index is 0.349. The molecule has 1 heterocycles. The van der Waals surface area contributed by atoms with Crippen molar-refractivity contribution in [1.82, 2.24) is 15.1 Å². The molecule has 0 radical (unpaired) electrons. The van der Waals surface area contributed by atoms with Crippen molar-refractivity contribution in [3.8, 4) is 6.07 Å². The molecular formula is C17H34N4. The Bertz CT molecular complexity index is 325. The summed E-state index contributed by atoms with van der Waals surface area (Å²) in [6.07, 6.45) is 5.78. The fourth-order valence-electron chi connectivity index (χ4n) is 3.34. The van der Waals surface area contributed by atoms with Gasteiger partial charge in [-0.15, -0.1) is 0 Å². The molecule has 0 spiro atoms. The van der Waals surface area contributed by atoms with Crippen LogP contribution in [-0.2, 0) is 0 Å². The van der Waals surface area contributed by atoms with Gasteiger partial charge in [0.15, 0.2) is 0 Å². The van der Waals surface area contributed by atoms with Crippen LogP contribution in [-0.4, -0.2) is 61.2 Å². The lowest BCUT2D eigenvalue weighted by atomic mass is 9.96. The van der Waals surface area contributed by atoms with Gasteiger partial charge >= 0.3 is 0 Å². The van der Waals surface area contributed by atoms with Crippen LogP contribution in [0.1, 0.15) is 52.9 Å². The first kappa shape index (κ1) is 18.4. The number of hydrogen-bond donors (Lipinski definition) is 1. The zero-order valence-electron chi connectivity index (χ0n) is 14.5. The summed E-state index contributed by atoms with van der Waals surface area (Å²) in [4.78, 5) is 5.13. The molecule has 0 aliphatic carbocycles. The third kappa shape index (κ3) is 6.34. The maximum atomic E-state index is 9.28. The minimum atomic E-state index is -0.349. The lowest BCUT2D eigenvalue weighted by Crippen LogP contribution is -2.41. The molecule has 21 heavy (non-hydrogen) atoms. The van der Waals surface area contributed by atoms with E-state index in [0.29, 0.717) is 6.04 Å². The normalized spacial score (nSPS) is 24.2. The van der Waals surface area contributed by atoms with Crippen LogP contribution in [0.5, 0.6) is 0 Å². The Morgan fingerprint density at radius 1 is 1.29 bits per heavy atom. The molecule has 1 fully saturated rings. The highest BCUT2D eigenvalue weighted by Crippen LogP contribution is 2.16. The number of hydrogen-bond acceptors (Lipinski definition) is 4. The molecule has 0 aromatic heterocycles. The van der Waals surface area contributed by atoms with E-state index in [1.807, 2.05) is 6.92 Å². The quantitative estimate of drug-likeness (QED) is 0.698. The first-order chi connectivity index (χ1) is 10.0. The van der Waals surface area contributed by atoms with Gasteiger partial charge < -0.3 is 4.90 Å². The summed E-state index contributed by atoms with van der Waals surface area (Å²) in [7, 11) is 2.24. The van der Waals surface area contributed by atoms with Crippen molar-refractivity contribution >= 4 is 0 Å². The Balaban J connectivity index is 2.35. The Morgan fingerprint density at radius 2 is 2.05 bits per heavy atom. The molecule has 1 rings (SSSR count). The molecule has 0 saturated carbocycles. The molecule has 1 aliphatic heterocycles. The average Bonchev–Trinajstić information content (AvgIpc) is 2.65. The molecule has 1 aliphatic rings. The lowest BCUT2D eigenvalue weighted by molar-refractivity contribution is 0.179. The third-order valence-corrected chi connectivity index (χ3v) is 4.68. The Hall–Kier alpha value is -0.630. The van der Waals surface area contributed by atoms with Crippen molar-refractivity contribution in [2.75, 3.05) is 39.8 Å². The van der Waals surface area contributed by atoms with Gasteiger partial charge in [0.1, 0.15) is 5.54 Å². The molecule has 2 unspecified atom stereocenters. The van der Waals surface area contributed by atoms with Crippen LogP contribution in [0, 0.1) is 11.3 Å². The second-order valence-corrected chi connectivity index (χ2v) is 6.65. The monoisotopic (exact) mass is 294 g/mol. The zero-order valence-corrected chi connectivity index (χ0v) is 14.5. The molecule has 4 nitrogen and oxygen atoms in total. The van der Waals surface area contributed by atoms with Crippen LogP contribution in [0.2, 0.25) is 0 Å². The van der Waals surface area contributed by atoms with Gasteiger partial charge in [-0.05, 0) is 72.3 Å². The van der Waals surface area contributed by atoms with Crippen LogP contribution in [0.4, 0.5) is 0 Å². The summed E-state index contributed by atoms with van der Waals surface area (Å²) in [6, 6.07) is 3.12. The van der Waals surface area contributed by atoms with E-state index in [1.165, 1.54) is 45.4 Å². The summed E-state index contributed by atoms with van der Waals surface area (Å²) in [5.41, 5.74) is -0.349. The van der Waals surface area contributed by atoms with Gasteiger partial charge in [-0.25, -0.2) is 0 Å². The number of likely N-dealkylation sites (N-methyl/N-ethyl adjacent to an activating group) is 1. The minimum Gasteiger partial charge on any atom is -0.305 e.